The molecule has 1 aromatic rings. The minimum atomic E-state index is -0.124. The van der Waals surface area contributed by atoms with Crippen molar-refractivity contribution in [3.8, 4) is 0 Å². The Hall–Kier alpha value is -1.95. The molecule has 1 saturated heterocycles. The van der Waals surface area contributed by atoms with Crippen molar-refractivity contribution in [3.05, 3.63) is 23.2 Å². The van der Waals surface area contributed by atoms with Crippen LogP contribution in [0.25, 0.3) is 0 Å². The lowest BCUT2D eigenvalue weighted by atomic mass is 10.0. The zero-order valence-electron chi connectivity index (χ0n) is 12.1. The third-order valence-corrected chi connectivity index (χ3v) is 3.83. The van der Waals surface area contributed by atoms with Crippen molar-refractivity contribution in [1.82, 2.24) is 0 Å². The van der Waals surface area contributed by atoms with E-state index in [0.29, 0.717) is 16.8 Å². The Morgan fingerprint density at radius 1 is 1.29 bits per heavy atom. The van der Waals surface area contributed by atoms with Gasteiger partial charge in [-0.25, -0.2) is 4.99 Å². The number of rotatable bonds is 2. The van der Waals surface area contributed by atoms with Crippen LogP contribution in [0.2, 0.25) is 5.02 Å². The smallest absolute Gasteiger partial charge is 0.223 e. The summed E-state index contributed by atoms with van der Waals surface area (Å²) < 4.78 is 0. The third kappa shape index (κ3) is 4.01. The Labute approximate surface area is 129 Å². The number of halogens is 1. The molecule has 1 heterocycles. The van der Waals surface area contributed by atoms with Gasteiger partial charge in [0.2, 0.25) is 5.96 Å². The molecule has 1 atom stereocenters. The highest BCUT2D eigenvalue weighted by molar-refractivity contribution is 6.33. The molecule has 114 valence electrons. The van der Waals surface area contributed by atoms with E-state index in [4.69, 9.17) is 28.8 Å². The van der Waals surface area contributed by atoms with Gasteiger partial charge in [0, 0.05) is 12.6 Å². The van der Waals surface area contributed by atoms with Gasteiger partial charge in [0.15, 0.2) is 5.96 Å². The van der Waals surface area contributed by atoms with E-state index in [1.165, 1.54) is 19.3 Å². The maximum Gasteiger partial charge on any atom is 0.223 e. The van der Waals surface area contributed by atoms with Gasteiger partial charge in [-0.05, 0) is 44.4 Å². The van der Waals surface area contributed by atoms with Gasteiger partial charge < -0.3 is 22.1 Å². The summed E-state index contributed by atoms with van der Waals surface area (Å²) in [5, 5.41) is 0.655. The molecule has 0 bridgehead atoms. The van der Waals surface area contributed by atoms with Crippen molar-refractivity contribution >= 4 is 34.9 Å². The maximum absolute atomic E-state index is 6.38. The number of hydrogen-bond donors (Lipinski definition) is 3. The van der Waals surface area contributed by atoms with Crippen LogP contribution in [0.5, 0.6) is 0 Å². The Kier molecular flexibility index (Phi) is 4.90. The number of guanidine groups is 2. The number of nitrogens with zero attached hydrogens (tertiary/aromatic N) is 3. The highest BCUT2D eigenvalue weighted by atomic mass is 35.5. The van der Waals surface area contributed by atoms with Crippen LogP contribution in [-0.2, 0) is 0 Å². The van der Waals surface area contributed by atoms with Crippen LogP contribution in [0.1, 0.15) is 26.2 Å². The molecule has 1 fully saturated rings. The Morgan fingerprint density at radius 2 is 2.05 bits per heavy atom. The van der Waals surface area contributed by atoms with Crippen molar-refractivity contribution in [2.24, 2.45) is 27.2 Å². The summed E-state index contributed by atoms with van der Waals surface area (Å²) in [6.07, 6.45) is 3.65. The van der Waals surface area contributed by atoms with Crippen molar-refractivity contribution in [3.63, 3.8) is 0 Å². The van der Waals surface area contributed by atoms with Gasteiger partial charge in [-0.2, -0.15) is 4.99 Å². The van der Waals surface area contributed by atoms with Crippen LogP contribution in [-0.4, -0.2) is 24.5 Å². The number of aliphatic imine (C=N–C) groups is 2. The number of anilines is 1. The molecule has 1 aliphatic heterocycles. The Balaban J connectivity index is 2.23. The third-order valence-electron chi connectivity index (χ3n) is 3.53. The van der Waals surface area contributed by atoms with Gasteiger partial charge in [-0.1, -0.05) is 11.6 Å². The first-order chi connectivity index (χ1) is 9.97. The molecular weight excluding hydrogens is 288 g/mol. The summed E-state index contributed by atoms with van der Waals surface area (Å²) in [4.78, 5) is 10.1. The number of nitrogens with two attached hydrogens (primary N) is 3. The first kappa shape index (κ1) is 15.4. The van der Waals surface area contributed by atoms with E-state index < -0.39 is 0 Å². The molecule has 0 saturated carbocycles. The summed E-state index contributed by atoms with van der Waals surface area (Å²) in [5.41, 5.74) is 17.8. The van der Waals surface area contributed by atoms with Crippen LogP contribution in [0, 0.1) is 0 Å². The van der Waals surface area contributed by atoms with Crippen LogP contribution < -0.4 is 22.1 Å². The van der Waals surface area contributed by atoms with E-state index in [1.807, 2.05) is 12.1 Å². The van der Waals surface area contributed by atoms with Gasteiger partial charge in [0.25, 0.3) is 0 Å². The van der Waals surface area contributed by atoms with Crippen LogP contribution in [0.3, 0.4) is 0 Å². The lowest BCUT2D eigenvalue weighted by molar-refractivity contribution is 0.485. The fourth-order valence-corrected chi connectivity index (χ4v) is 2.83. The lowest BCUT2D eigenvalue weighted by Gasteiger charge is -2.36. The topological polar surface area (TPSA) is 106 Å². The minimum Gasteiger partial charge on any atom is -0.370 e. The first-order valence-corrected chi connectivity index (χ1v) is 7.35. The van der Waals surface area contributed by atoms with Gasteiger partial charge in [-0.15, -0.1) is 0 Å². The molecule has 6 N–H and O–H groups in total. The van der Waals surface area contributed by atoms with E-state index in [-0.39, 0.29) is 11.9 Å². The number of piperidine rings is 1. The highest BCUT2D eigenvalue weighted by Gasteiger charge is 2.20. The molecule has 0 spiro atoms. The van der Waals surface area contributed by atoms with Crippen molar-refractivity contribution in [1.29, 1.82) is 0 Å². The highest BCUT2D eigenvalue weighted by Crippen LogP contribution is 2.33. The quantitative estimate of drug-likeness (QED) is 0.573. The van der Waals surface area contributed by atoms with Gasteiger partial charge >= 0.3 is 0 Å². The average Bonchev–Trinajstić information content (AvgIpc) is 2.39. The van der Waals surface area contributed by atoms with Crippen LogP contribution >= 0.6 is 11.6 Å². The average molecular weight is 309 g/mol. The molecule has 0 aromatic heterocycles. The largest absolute Gasteiger partial charge is 0.370 e. The summed E-state index contributed by atoms with van der Waals surface area (Å²) in [6.45, 7) is 3.25. The van der Waals surface area contributed by atoms with Crippen molar-refractivity contribution in [2.45, 2.75) is 32.2 Å². The zero-order valence-corrected chi connectivity index (χ0v) is 12.8. The van der Waals surface area contributed by atoms with Gasteiger partial charge in [-0.3, -0.25) is 0 Å². The van der Waals surface area contributed by atoms with E-state index >= 15 is 0 Å². The van der Waals surface area contributed by atoms with E-state index in [1.54, 1.807) is 6.07 Å². The second-order valence-corrected chi connectivity index (χ2v) is 5.59. The molecule has 2 rings (SSSR count). The summed E-state index contributed by atoms with van der Waals surface area (Å²) >= 11 is 6.38. The predicted octanol–water partition coefficient (Wildman–Crippen LogP) is 1.94. The molecule has 1 aromatic carbocycles. The standard InChI is InChI=1S/C14H21ClN6/c1-9-4-2-3-7-21(9)12-6-5-10(8-11(12)15)19-14(18)20-13(16)17/h5-6,8-9H,2-4,7H2,1H3,(H6,16,17,18,19,20). The first-order valence-electron chi connectivity index (χ1n) is 6.97. The van der Waals surface area contributed by atoms with E-state index in [2.05, 4.69) is 21.8 Å². The molecule has 1 aliphatic rings. The van der Waals surface area contributed by atoms with Crippen LogP contribution in [0.4, 0.5) is 11.4 Å². The maximum atomic E-state index is 6.38. The zero-order chi connectivity index (χ0) is 15.4. The van der Waals surface area contributed by atoms with Crippen molar-refractivity contribution in [2.75, 3.05) is 11.4 Å². The predicted molar refractivity (Wildman–Crippen MR) is 89.2 cm³/mol. The fraction of sp³-hybridized carbons (Fsp3) is 0.429. The number of benzene rings is 1. The van der Waals surface area contributed by atoms with E-state index in [9.17, 15) is 0 Å². The van der Waals surface area contributed by atoms with Gasteiger partial charge in [0.1, 0.15) is 0 Å². The fourth-order valence-electron chi connectivity index (χ4n) is 2.54. The second kappa shape index (κ2) is 6.67. The monoisotopic (exact) mass is 308 g/mol. The van der Waals surface area contributed by atoms with Crippen LogP contribution in [0.15, 0.2) is 28.2 Å². The Bertz CT molecular complexity index is 565. The normalized spacial score (nSPS) is 19.4. The van der Waals surface area contributed by atoms with Gasteiger partial charge in [0.05, 0.1) is 16.4 Å². The molecule has 7 heteroatoms. The molecule has 1 unspecified atom stereocenters. The molecule has 0 radical (unpaired) electrons. The molecule has 21 heavy (non-hydrogen) atoms. The molecule has 6 nitrogen and oxygen atoms in total. The second-order valence-electron chi connectivity index (χ2n) is 5.18. The summed E-state index contributed by atoms with van der Waals surface area (Å²) in [5.74, 6) is -0.119. The van der Waals surface area contributed by atoms with E-state index in [0.717, 1.165) is 12.2 Å². The summed E-state index contributed by atoms with van der Waals surface area (Å²) in [7, 11) is 0. The molecular formula is C14H21ClN6. The number of hydrogen-bond acceptors (Lipinski definition) is 2. The molecule has 0 aliphatic carbocycles. The van der Waals surface area contributed by atoms with Crippen molar-refractivity contribution < 1.29 is 0 Å². The molecule has 0 amide bonds. The minimum absolute atomic E-state index is 0.00478. The SMILES string of the molecule is CC1CCCCN1c1ccc(N=C(N)N=C(N)N)cc1Cl. The Morgan fingerprint density at radius 3 is 2.67 bits per heavy atom. The summed E-state index contributed by atoms with van der Waals surface area (Å²) in [6, 6.07) is 6.09. The lowest BCUT2D eigenvalue weighted by Crippen LogP contribution is -2.37.